The van der Waals surface area contributed by atoms with Crippen molar-refractivity contribution in [1.82, 2.24) is 0 Å². The summed E-state index contributed by atoms with van der Waals surface area (Å²) in [7, 11) is 0. The molecule has 79 heavy (non-hydrogen) atoms. The van der Waals surface area contributed by atoms with Crippen molar-refractivity contribution >= 4 is 68.6 Å². The summed E-state index contributed by atoms with van der Waals surface area (Å²) in [5, 5.41) is 0. The van der Waals surface area contributed by atoms with E-state index >= 15 is 0 Å². The molecule has 392 valence electrons. The molecule has 9 aromatic carbocycles. The average Bonchev–Trinajstić information content (AvgIpc) is 4.06. The SMILES string of the molecule is Cc1cc2c3c(c1)N(c1ccc(C(C)(C)C)cc1-c1ccccc1)c1cc4c(cc1B3c1ccc(N3c5ccccc5C5(C)CCc6ccccc6C35C)cc1N2c1ccc(C(C)(C)C)cc1Cc1ccccc1)CC(C)(C)C4. The van der Waals surface area contributed by atoms with Crippen LogP contribution < -0.4 is 31.1 Å². The van der Waals surface area contributed by atoms with Crippen molar-refractivity contribution in [3.05, 3.63) is 244 Å². The van der Waals surface area contributed by atoms with Crippen molar-refractivity contribution in [2.75, 3.05) is 14.7 Å². The van der Waals surface area contributed by atoms with Gasteiger partial charge >= 0.3 is 0 Å². The molecule has 0 N–H and O–H groups in total. The maximum Gasteiger partial charge on any atom is 0.252 e. The Morgan fingerprint density at radius 1 is 0.481 bits per heavy atom. The van der Waals surface area contributed by atoms with Gasteiger partial charge in [0.1, 0.15) is 0 Å². The topological polar surface area (TPSA) is 9.72 Å². The molecule has 2 atom stereocenters. The monoisotopic (exact) mass is 1030 g/mol. The largest absolute Gasteiger partial charge is 0.330 e. The third kappa shape index (κ3) is 7.60. The normalized spacial score (nSPS) is 19.3. The lowest BCUT2D eigenvalue weighted by Gasteiger charge is -2.51. The first-order valence-electron chi connectivity index (χ1n) is 29.2. The van der Waals surface area contributed by atoms with Crippen LogP contribution in [0.5, 0.6) is 0 Å². The Hall–Kier alpha value is -7.56. The van der Waals surface area contributed by atoms with Gasteiger partial charge in [0.15, 0.2) is 0 Å². The number of aryl methyl sites for hydroxylation is 2. The maximum atomic E-state index is 2.75. The molecule has 14 rings (SSSR count). The zero-order valence-corrected chi connectivity index (χ0v) is 48.4. The van der Waals surface area contributed by atoms with Gasteiger partial charge in [0.2, 0.25) is 0 Å². The van der Waals surface area contributed by atoms with Crippen molar-refractivity contribution in [1.29, 1.82) is 0 Å². The zero-order valence-electron chi connectivity index (χ0n) is 48.4. The lowest BCUT2D eigenvalue weighted by atomic mass is 9.33. The first kappa shape index (κ1) is 49.7. The highest BCUT2D eigenvalue weighted by molar-refractivity contribution is 7.00. The van der Waals surface area contributed by atoms with Gasteiger partial charge in [0, 0.05) is 50.8 Å². The van der Waals surface area contributed by atoms with E-state index < -0.39 is 0 Å². The van der Waals surface area contributed by atoms with Crippen molar-refractivity contribution in [3.8, 4) is 11.1 Å². The van der Waals surface area contributed by atoms with Gasteiger partial charge in [0.05, 0.1) is 11.2 Å². The molecular formula is C75H74BN3. The van der Waals surface area contributed by atoms with Gasteiger partial charge in [-0.05, 0) is 194 Å². The Bertz CT molecular complexity index is 3950. The standard InChI is InChI=1S/C75H74BN3/c1-48-38-68-70-69(39-48)78(64-35-31-56(72(5,6)7)44-58(64)50-24-16-13-17-25-50)66-43-54-47-73(8,9)46-53(54)42-62(66)76(70)61-33-32-57(79-65-29-21-20-28-60(65)74(10)37-36-51-26-18-19-27-59(51)75(74,79)11)45-67(61)77(68)63-34-30-55(71(2,3)4)41-52(63)40-49-22-14-12-15-23-49/h12-35,38-39,41-45H,36-37,40,46-47H2,1-11H3. The van der Waals surface area contributed by atoms with Crippen LogP contribution in [0.4, 0.5) is 45.5 Å². The highest BCUT2D eigenvalue weighted by Crippen LogP contribution is 2.64. The van der Waals surface area contributed by atoms with Crippen LogP contribution in [-0.2, 0) is 47.5 Å². The summed E-state index contributed by atoms with van der Waals surface area (Å²) in [6.07, 6.45) is 5.11. The van der Waals surface area contributed by atoms with Crippen LogP contribution in [0.25, 0.3) is 11.1 Å². The van der Waals surface area contributed by atoms with Crippen molar-refractivity contribution < 1.29 is 0 Å². The number of hydrogen-bond acceptors (Lipinski definition) is 3. The molecule has 5 aliphatic rings. The van der Waals surface area contributed by atoms with E-state index in [9.17, 15) is 0 Å². The molecule has 0 saturated heterocycles. The van der Waals surface area contributed by atoms with E-state index in [-0.39, 0.29) is 33.9 Å². The van der Waals surface area contributed by atoms with Crippen molar-refractivity contribution in [3.63, 3.8) is 0 Å². The van der Waals surface area contributed by atoms with Gasteiger partial charge < -0.3 is 14.7 Å². The predicted molar refractivity (Wildman–Crippen MR) is 337 cm³/mol. The first-order valence-corrected chi connectivity index (χ1v) is 29.2. The molecule has 3 heterocycles. The Kier molecular flexibility index (Phi) is 11.0. The number of nitrogens with zero attached hydrogens (tertiary/aromatic N) is 3. The van der Waals surface area contributed by atoms with Gasteiger partial charge in [-0.25, -0.2) is 0 Å². The molecule has 2 unspecified atom stereocenters. The average molecular weight is 1030 g/mol. The second-order valence-corrected chi connectivity index (χ2v) is 27.3. The van der Waals surface area contributed by atoms with Crippen LogP contribution in [0, 0.1) is 12.3 Å². The summed E-state index contributed by atoms with van der Waals surface area (Å²) in [6, 6.07) is 73.6. The van der Waals surface area contributed by atoms with Gasteiger partial charge in [-0.15, -0.1) is 0 Å². The van der Waals surface area contributed by atoms with Crippen LogP contribution in [0.1, 0.15) is 131 Å². The van der Waals surface area contributed by atoms with Crippen molar-refractivity contribution in [2.24, 2.45) is 5.41 Å². The molecular weight excluding hydrogens is 954 g/mol. The molecule has 4 heteroatoms. The summed E-state index contributed by atoms with van der Waals surface area (Å²) in [6.45, 7) is 26.4. The molecule has 0 amide bonds. The number of rotatable bonds is 6. The van der Waals surface area contributed by atoms with E-state index in [0.29, 0.717) is 0 Å². The van der Waals surface area contributed by atoms with E-state index in [2.05, 4.69) is 279 Å². The lowest BCUT2D eigenvalue weighted by Crippen LogP contribution is -2.61. The molecule has 3 aliphatic heterocycles. The summed E-state index contributed by atoms with van der Waals surface area (Å²) in [4.78, 5) is 8.15. The van der Waals surface area contributed by atoms with E-state index in [1.54, 1.807) is 0 Å². The Labute approximate surface area is 471 Å². The van der Waals surface area contributed by atoms with Crippen molar-refractivity contribution in [2.45, 2.75) is 130 Å². The third-order valence-electron chi connectivity index (χ3n) is 19.4. The fourth-order valence-corrected chi connectivity index (χ4v) is 15.3. The van der Waals surface area contributed by atoms with Gasteiger partial charge in [-0.2, -0.15) is 0 Å². The van der Waals surface area contributed by atoms with E-state index in [1.165, 1.54) is 129 Å². The minimum absolute atomic E-state index is 0.0197. The fourth-order valence-electron chi connectivity index (χ4n) is 15.3. The number of anilines is 8. The summed E-state index contributed by atoms with van der Waals surface area (Å²) < 4.78 is 0. The predicted octanol–water partition coefficient (Wildman–Crippen LogP) is 17.3. The Balaban J connectivity index is 1.08. The van der Waals surface area contributed by atoms with Crippen LogP contribution in [-0.4, -0.2) is 6.71 Å². The minimum atomic E-state index is -0.335. The lowest BCUT2D eigenvalue weighted by molar-refractivity contribution is 0.245. The molecule has 0 saturated carbocycles. The van der Waals surface area contributed by atoms with Gasteiger partial charge in [0.25, 0.3) is 6.71 Å². The van der Waals surface area contributed by atoms with Crippen LogP contribution in [0.3, 0.4) is 0 Å². The molecule has 0 spiro atoms. The highest BCUT2D eigenvalue weighted by Gasteiger charge is 2.60. The van der Waals surface area contributed by atoms with Crippen LogP contribution in [0.15, 0.2) is 188 Å². The highest BCUT2D eigenvalue weighted by atomic mass is 15.3. The van der Waals surface area contributed by atoms with Gasteiger partial charge in [-0.3, -0.25) is 0 Å². The number of hydrogen-bond donors (Lipinski definition) is 0. The maximum absolute atomic E-state index is 2.75. The number of benzene rings is 9. The third-order valence-corrected chi connectivity index (χ3v) is 19.4. The Morgan fingerprint density at radius 2 is 1.08 bits per heavy atom. The summed E-state index contributed by atoms with van der Waals surface area (Å²) in [5.41, 5.74) is 30.2. The smallest absolute Gasteiger partial charge is 0.252 e. The van der Waals surface area contributed by atoms with Crippen LogP contribution >= 0.6 is 0 Å². The molecule has 9 aromatic rings. The van der Waals surface area contributed by atoms with E-state index in [1.807, 2.05) is 0 Å². The molecule has 3 nitrogen and oxygen atoms in total. The van der Waals surface area contributed by atoms with E-state index in [0.717, 1.165) is 32.1 Å². The minimum Gasteiger partial charge on any atom is -0.330 e. The number of fused-ring (bicyclic) bond motifs is 10. The summed E-state index contributed by atoms with van der Waals surface area (Å²) in [5.74, 6) is 0. The molecule has 0 fully saturated rings. The summed E-state index contributed by atoms with van der Waals surface area (Å²) >= 11 is 0. The molecule has 2 aliphatic carbocycles. The van der Waals surface area contributed by atoms with Crippen LogP contribution in [0.2, 0.25) is 0 Å². The van der Waals surface area contributed by atoms with E-state index in [4.69, 9.17) is 0 Å². The molecule has 0 aromatic heterocycles. The molecule has 0 bridgehead atoms. The first-order chi connectivity index (χ1) is 37.8. The number of para-hydroxylation sites is 1. The zero-order chi connectivity index (χ0) is 54.5. The quantitative estimate of drug-likeness (QED) is 0.154. The second-order valence-electron chi connectivity index (χ2n) is 27.3. The van der Waals surface area contributed by atoms with Gasteiger partial charge in [-0.1, -0.05) is 196 Å². The second kappa shape index (κ2) is 17.5. The Morgan fingerprint density at radius 3 is 1.78 bits per heavy atom. The molecule has 0 radical (unpaired) electrons. The fraction of sp³-hybridized carbons (Fsp3) is 0.280.